The number of nitrogens with zero attached hydrogens (tertiary/aromatic N) is 2. The highest BCUT2D eigenvalue weighted by Gasteiger charge is 2.25. The quantitative estimate of drug-likeness (QED) is 0.496. The third kappa shape index (κ3) is 5.83. The van der Waals surface area contributed by atoms with Gasteiger partial charge in [0.15, 0.2) is 12.7 Å². The molecular formula is C28H31N3O5. The maximum Gasteiger partial charge on any atom is 0.260 e. The number of ether oxygens (including phenoxy) is 3. The van der Waals surface area contributed by atoms with Gasteiger partial charge in [-0.2, -0.15) is 0 Å². The van der Waals surface area contributed by atoms with E-state index in [1.807, 2.05) is 43.5 Å². The van der Waals surface area contributed by atoms with Crippen LogP contribution in [0.3, 0.4) is 0 Å². The summed E-state index contributed by atoms with van der Waals surface area (Å²) < 4.78 is 16.3. The van der Waals surface area contributed by atoms with Gasteiger partial charge in [-0.25, -0.2) is 0 Å². The Kier molecular flexibility index (Phi) is 8.17. The molecule has 0 radical (unpaired) electrons. The Hall–Kier alpha value is -3.91. The Morgan fingerprint density at radius 3 is 2.47 bits per heavy atom. The topological polar surface area (TPSA) is 90.0 Å². The van der Waals surface area contributed by atoms with Crippen molar-refractivity contribution in [3.63, 3.8) is 0 Å². The number of amides is 2. The van der Waals surface area contributed by atoms with Crippen molar-refractivity contribution in [1.29, 1.82) is 0 Å². The molecule has 1 aromatic heterocycles. The molecular weight excluding hydrogens is 458 g/mol. The molecule has 0 fully saturated rings. The summed E-state index contributed by atoms with van der Waals surface area (Å²) in [6, 6.07) is 16.5. The van der Waals surface area contributed by atoms with E-state index in [1.54, 1.807) is 36.3 Å². The molecule has 1 atom stereocenters. The van der Waals surface area contributed by atoms with Gasteiger partial charge in [0.2, 0.25) is 0 Å². The molecule has 2 aromatic carbocycles. The molecule has 8 nitrogen and oxygen atoms in total. The zero-order chi connectivity index (χ0) is 25.5. The number of pyridine rings is 1. The molecule has 0 spiro atoms. The first-order chi connectivity index (χ1) is 17.5. The largest absolute Gasteiger partial charge is 0.497 e. The van der Waals surface area contributed by atoms with Gasteiger partial charge in [0, 0.05) is 38.6 Å². The Balaban J connectivity index is 1.38. The SMILES string of the molecule is COc1ccc(OCC(=O)N2CCc3c(cnc(C)c3CNC(=O)C(OC)c3ccccc3)C2)cc1. The second-order valence-corrected chi connectivity index (χ2v) is 8.60. The van der Waals surface area contributed by atoms with Gasteiger partial charge < -0.3 is 24.4 Å². The van der Waals surface area contributed by atoms with Gasteiger partial charge in [0.1, 0.15) is 11.5 Å². The molecule has 2 amide bonds. The molecule has 36 heavy (non-hydrogen) atoms. The van der Waals surface area contributed by atoms with Crippen LogP contribution in [0.4, 0.5) is 0 Å². The first-order valence-electron chi connectivity index (χ1n) is 11.9. The van der Waals surface area contributed by atoms with Crippen molar-refractivity contribution in [2.24, 2.45) is 0 Å². The molecule has 1 aliphatic heterocycles. The zero-order valence-corrected chi connectivity index (χ0v) is 20.8. The van der Waals surface area contributed by atoms with Crippen LogP contribution in [-0.2, 0) is 33.8 Å². The summed E-state index contributed by atoms with van der Waals surface area (Å²) in [5, 5.41) is 3.01. The van der Waals surface area contributed by atoms with Crippen molar-refractivity contribution in [3.8, 4) is 11.5 Å². The number of aromatic nitrogens is 1. The molecule has 0 bridgehead atoms. The average molecular weight is 490 g/mol. The molecule has 1 N–H and O–H groups in total. The van der Waals surface area contributed by atoms with Crippen LogP contribution >= 0.6 is 0 Å². The average Bonchev–Trinajstić information content (AvgIpc) is 2.92. The summed E-state index contributed by atoms with van der Waals surface area (Å²) in [5.74, 6) is 1.05. The lowest BCUT2D eigenvalue weighted by molar-refractivity contribution is -0.134. The van der Waals surface area contributed by atoms with Gasteiger partial charge in [-0.05, 0) is 59.9 Å². The van der Waals surface area contributed by atoms with E-state index in [0.29, 0.717) is 31.8 Å². The second kappa shape index (κ2) is 11.7. The molecule has 0 saturated carbocycles. The van der Waals surface area contributed by atoms with Gasteiger partial charge in [-0.15, -0.1) is 0 Å². The normalized spacial score (nSPS) is 13.5. The monoisotopic (exact) mass is 489 g/mol. The van der Waals surface area contributed by atoms with Crippen molar-refractivity contribution < 1.29 is 23.8 Å². The third-order valence-electron chi connectivity index (χ3n) is 6.39. The molecule has 1 aliphatic rings. The first kappa shape index (κ1) is 25.2. The summed E-state index contributed by atoms with van der Waals surface area (Å²) in [7, 11) is 3.13. The summed E-state index contributed by atoms with van der Waals surface area (Å²) >= 11 is 0. The number of aryl methyl sites for hydroxylation is 1. The van der Waals surface area contributed by atoms with Crippen molar-refractivity contribution >= 4 is 11.8 Å². The van der Waals surface area contributed by atoms with Crippen LogP contribution in [0.1, 0.15) is 34.1 Å². The number of carbonyl (C=O) groups excluding carboxylic acids is 2. The summed E-state index contributed by atoms with van der Waals surface area (Å²) in [5.41, 5.74) is 4.78. The van der Waals surface area contributed by atoms with Crippen LogP contribution in [0.25, 0.3) is 0 Å². The van der Waals surface area contributed by atoms with E-state index in [2.05, 4.69) is 10.3 Å². The van der Waals surface area contributed by atoms with Crippen molar-refractivity contribution in [2.45, 2.75) is 32.5 Å². The molecule has 1 unspecified atom stereocenters. The van der Waals surface area contributed by atoms with Crippen molar-refractivity contribution in [2.75, 3.05) is 27.4 Å². The minimum absolute atomic E-state index is 0.0399. The fourth-order valence-corrected chi connectivity index (χ4v) is 4.37. The summed E-state index contributed by atoms with van der Waals surface area (Å²) in [6.45, 7) is 3.28. The predicted molar refractivity (Wildman–Crippen MR) is 135 cm³/mol. The van der Waals surface area contributed by atoms with Crippen LogP contribution in [-0.4, -0.2) is 49.1 Å². The van der Waals surface area contributed by atoms with E-state index in [9.17, 15) is 9.59 Å². The van der Waals surface area contributed by atoms with E-state index in [4.69, 9.17) is 14.2 Å². The third-order valence-corrected chi connectivity index (χ3v) is 6.39. The highest BCUT2D eigenvalue weighted by Crippen LogP contribution is 2.25. The van der Waals surface area contributed by atoms with Crippen LogP contribution in [0, 0.1) is 6.92 Å². The smallest absolute Gasteiger partial charge is 0.260 e. The number of methoxy groups -OCH3 is 2. The van der Waals surface area contributed by atoms with Crippen LogP contribution in [0.2, 0.25) is 0 Å². The lowest BCUT2D eigenvalue weighted by atomic mass is 9.94. The van der Waals surface area contributed by atoms with E-state index in [-0.39, 0.29) is 18.4 Å². The second-order valence-electron chi connectivity index (χ2n) is 8.60. The summed E-state index contributed by atoms with van der Waals surface area (Å²) in [6.07, 6.45) is 1.82. The number of fused-ring (bicyclic) bond motifs is 1. The number of hydrogen-bond donors (Lipinski definition) is 1. The van der Waals surface area contributed by atoms with E-state index in [1.165, 1.54) is 7.11 Å². The predicted octanol–water partition coefficient (Wildman–Crippen LogP) is 3.37. The molecule has 188 valence electrons. The van der Waals surface area contributed by atoms with Crippen LogP contribution < -0.4 is 14.8 Å². The lowest BCUT2D eigenvalue weighted by Crippen LogP contribution is -2.39. The Labute approximate surface area is 211 Å². The standard InChI is InChI=1S/C28H31N3O5/c1-19-25(16-30-28(33)27(35-3)20-7-5-4-6-8-20)24-13-14-31(17-21(24)15-29-19)26(32)18-36-23-11-9-22(34-2)10-12-23/h4-12,15,27H,13-14,16-18H2,1-3H3,(H,30,33). The molecule has 0 saturated heterocycles. The van der Waals surface area contributed by atoms with Crippen LogP contribution in [0.15, 0.2) is 60.8 Å². The molecule has 8 heteroatoms. The van der Waals surface area contributed by atoms with Crippen molar-refractivity contribution in [1.82, 2.24) is 15.2 Å². The molecule has 4 rings (SSSR count). The Bertz CT molecular complexity index is 1200. The minimum Gasteiger partial charge on any atom is -0.497 e. The first-order valence-corrected chi connectivity index (χ1v) is 11.9. The van der Waals surface area contributed by atoms with E-state index >= 15 is 0 Å². The number of hydrogen-bond acceptors (Lipinski definition) is 6. The molecule has 0 aliphatic carbocycles. The van der Waals surface area contributed by atoms with Gasteiger partial charge in [0.25, 0.3) is 11.8 Å². The highest BCUT2D eigenvalue weighted by molar-refractivity contribution is 5.82. The number of nitrogens with one attached hydrogen (secondary N) is 1. The zero-order valence-electron chi connectivity index (χ0n) is 20.8. The maximum absolute atomic E-state index is 12.9. The fraction of sp³-hybridized carbons (Fsp3) is 0.321. The minimum atomic E-state index is -0.683. The maximum atomic E-state index is 12.9. The van der Waals surface area contributed by atoms with E-state index in [0.717, 1.165) is 33.7 Å². The van der Waals surface area contributed by atoms with Gasteiger partial charge in [-0.3, -0.25) is 14.6 Å². The number of rotatable bonds is 9. The number of carbonyl (C=O) groups is 2. The van der Waals surface area contributed by atoms with Gasteiger partial charge in [-0.1, -0.05) is 30.3 Å². The van der Waals surface area contributed by atoms with Gasteiger partial charge in [0.05, 0.1) is 7.11 Å². The van der Waals surface area contributed by atoms with E-state index < -0.39 is 6.10 Å². The highest BCUT2D eigenvalue weighted by atomic mass is 16.5. The van der Waals surface area contributed by atoms with Gasteiger partial charge >= 0.3 is 0 Å². The lowest BCUT2D eigenvalue weighted by Gasteiger charge is -2.30. The summed E-state index contributed by atoms with van der Waals surface area (Å²) in [4.78, 5) is 32.0. The molecule has 2 heterocycles. The number of benzene rings is 2. The Morgan fingerprint density at radius 2 is 1.78 bits per heavy atom. The Morgan fingerprint density at radius 1 is 1.06 bits per heavy atom. The fourth-order valence-electron chi connectivity index (χ4n) is 4.37. The molecule has 3 aromatic rings. The van der Waals surface area contributed by atoms with Crippen molar-refractivity contribution in [3.05, 3.63) is 88.7 Å². The van der Waals surface area contributed by atoms with Crippen LogP contribution in [0.5, 0.6) is 11.5 Å².